The van der Waals surface area contributed by atoms with Gasteiger partial charge in [-0.2, -0.15) is 0 Å². The van der Waals surface area contributed by atoms with Crippen LogP contribution in [0.4, 0.5) is 0 Å². The predicted molar refractivity (Wildman–Crippen MR) is 64.5 cm³/mol. The van der Waals surface area contributed by atoms with E-state index in [-0.39, 0.29) is 5.41 Å². The Labute approximate surface area is 92.9 Å². The number of phenolic OH excluding ortho intramolecular Hbond substituents is 1. The molecule has 15 heavy (non-hydrogen) atoms. The molecule has 1 N–H and O–H groups in total. The molecular weight excluding hydrogens is 188 g/mol. The maximum Gasteiger partial charge on any atom is 0.119 e. The van der Waals surface area contributed by atoms with Gasteiger partial charge in [0.1, 0.15) is 5.75 Å². The van der Waals surface area contributed by atoms with Gasteiger partial charge >= 0.3 is 0 Å². The Kier molecular flexibility index (Phi) is 5.37. The topological polar surface area (TPSA) is 29.5 Å². The lowest BCUT2D eigenvalue weighted by atomic mass is 9.85. The van der Waals surface area contributed by atoms with Crippen LogP contribution in [0.2, 0.25) is 0 Å². The summed E-state index contributed by atoms with van der Waals surface area (Å²) in [7, 11) is 3.25. The van der Waals surface area contributed by atoms with Gasteiger partial charge < -0.3 is 9.84 Å². The van der Waals surface area contributed by atoms with E-state index in [4.69, 9.17) is 0 Å². The summed E-state index contributed by atoms with van der Waals surface area (Å²) < 4.78 is 4.25. The third-order valence-corrected chi connectivity index (χ3v) is 1.96. The van der Waals surface area contributed by atoms with Crippen molar-refractivity contribution in [2.75, 3.05) is 14.2 Å². The first-order valence-electron chi connectivity index (χ1n) is 5.03. The lowest BCUT2D eigenvalue weighted by Gasteiger charge is -2.20. The molecule has 0 radical (unpaired) electrons. The summed E-state index contributed by atoms with van der Waals surface area (Å²) in [5.74, 6) is 0.396. The number of benzene rings is 1. The lowest BCUT2D eigenvalue weighted by molar-refractivity contribution is 0.277. The van der Waals surface area contributed by atoms with Crippen LogP contribution in [0.3, 0.4) is 0 Å². The van der Waals surface area contributed by atoms with E-state index in [1.54, 1.807) is 20.3 Å². The molecule has 0 spiro atoms. The van der Waals surface area contributed by atoms with E-state index in [9.17, 15) is 5.11 Å². The number of hydrogen-bond acceptors (Lipinski definition) is 2. The second-order valence-corrected chi connectivity index (χ2v) is 4.68. The molecule has 86 valence electrons. The fourth-order valence-electron chi connectivity index (χ4n) is 1.25. The Morgan fingerprint density at radius 1 is 1.13 bits per heavy atom. The van der Waals surface area contributed by atoms with Crippen molar-refractivity contribution in [1.82, 2.24) is 0 Å². The van der Waals surface area contributed by atoms with Crippen LogP contribution in [0.25, 0.3) is 0 Å². The molecule has 0 heterocycles. The molecule has 0 bridgehead atoms. The Morgan fingerprint density at radius 3 is 1.93 bits per heavy atom. The van der Waals surface area contributed by atoms with Crippen molar-refractivity contribution in [3.8, 4) is 5.75 Å². The van der Waals surface area contributed by atoms with E-state index in [0.29, 0.717) is 5.75 Å². The first-order chi connectivity index (χ1) is 6.82. The lowest BCUT2D eigenvalue weighted by Crippen LogP contribution is -2.11. The molecule has 0 unspecified atom stereocenters. The SMILES string of the molecule is COC.Cc1ccc(O)c(C(C)(C)C)c1. The van der Waals surface area contributed by atoms with E-state index >= 15 is 0 Å². The molecule has 2 nitrogen and oxygen atoms in total. The smallest absolute Gasteiger partial charge is 0.119 e. The number of rotatable bonds is 0. The van der Waals surface area contributed by atoms with E-state index in [2.05, 4.69) is 25.5 Å². The number of hydrogen-bond donors (Lipinski definition) is 1. The summed E-state index contributed by atoms with van der Waals surface area (Å²) in [6.07, 6.45) is 0. The van der Waals surface area contributed by atoms with Gasteiger partial charge in [-0.05, 0) is 24.0 Å². The molecule has 0 aliphatic rings. The third kappa shape index (κ3) is 4.84. The van der Waals surface area contributed by atoms with Crippen LogP contribution >= 0.6 is 0 Å². The molecular formula is C13H22O2. The van der Waals surface area contributed by atoms with E-state index in [1.807, 2.05) is 19.1 Å². The van der Waals surface area contributed by atoms with Crippen molar-refractivity contribution in [3.05, 3.63) is 29.3 Å². The number of aromatic hydroxyl groups is 1. The van der Waals surface area contributed by atoms with Crippen molar-refractivity contribution >= 4 is 0 Å². The minimum Gasteiger partial charge on any atom is -0.508 e. The Morgan fingerprint density at radius 2 is 1.60 bits per heavy atom. The Hall–Kier alpha value is -1.02. The number of methoxy groups -OCH3 is 1. The molecule has 1 aromatic carbocycles. The highest BCUT2D eigenvalue weighted by Gasteiger charge is 2.17. The maximum absolute atomic E-state index is 9.57. The van der Waals surface area contributed by atoms with Crippen LogP contribution in [0.15, 0.2) is 18.2 Å². The summed E-state index contributed by atoms with van der Waals surface area (Å²) in [5, 5.41) is 9.57. The molecule has 0 amide bonds. The minimum absolute atomic E-state index is 0.0239. The van der Waals surface area contributed by atoms with Gasteiger partial charge in [-0.1, -0.05) is 38.5 Å². The van der Waals surface area contributed by atoms with Gasteiger partial charge in [0.05, 0.1) is 0 Å². The van der Waals surface area contributed by atoms with Crippen molar-refractivity contribution in [1.29, 1.82) is 0 Å². The first-order valence-corrected chi connectivity index (χ1v) is 5.03. The largest absolute Gasteiger partial charge is 0.508 e. The molecule has 2 heteroatoms. The molecule has 0 aliphatic heterocycles. The number of phenols is 1. The van der Waals surface area contributed by atoms with Crippen LogP contribution in [-0.2, 0) is 10.2 Å². The van der Waals surface area contributed by atoms with Crippen molar-refractivity contribution < 1.29 is 9.84 Å². The van der Waals surface area contributed by atoms with Crippen LogP contribution in [0, 0.1) is 6.92 Å². The maximum atomic E-state index is 9.57. The number of ether oxygens (including phenoxy) is 1. The average molecular weight is 210 g/mol. The monoisotopic (exact) mass is 210 g/mol. The molecule has 0 saturated heterocycles. The molecule has 0 fully saturated rings. The Bertz CT molecular complexity index is 298. The highest BCUT2D eigenvalue weighted by atomic mass is 16.4. The van der Waals surface area contributed by atoms with Gasteiger partial charge in [0.25, 0.3) is 0 Å². The zero-order valence-electron chi connectivity index (χ0n) is 10.6. The van der Waals surface area contributed by atoms with Crippen LogP contribution in [-0.4, -0.2) is 19.3 Å². The third-order valence-electron chi connectivity index (χ3n) is 1.96. The van der Waals surface area contributed by atoms with Gasteiger partial charge in [0.2, 0.25) is 0 Å². The summed E-state index contributed by atoms with van der Waals surface area (Å²) in [5.41, 5.74) is 2.23. The van der Waals surface area contributed by atoms with Crippen molar-refractivity contribution in [2.45, 2.75) is 33.1 Å². The van der Waals surface area contributed by atoms with Crippen LogP contribution < -0.4 is 0 Å². The quantitative estimate of drug-likeness (QED) is 0.712. The summed E-state index contributed by atoms with van der Waals surface area (Å²) in [6.45, 7) is 8.33. The first kappa shape index (κ1) is 14.0. The molecule has 0 aliphatic carbocycles. The zero-order valence-corrected chi connectivity index (χ0v) is 10.6. The van der Waals surface area contributed by atoms with Gasteiger partial charge in [0.15, 0.2) is 0 Å². The van der Waals surface area contributed by atoms with Crippen LogP contribution in [0.5, 0.6) is 5.75 Å². The van der Waals surface area contributed by atoms with E-state index in [0.717, 1.165) is 5.56 Å². The second kappa shape index (κ2) is 5.76. The van der Waals surface area contributed by atoms with Gasteiger partial charge in [-0.15, -0.1) is 0 Å². The standard InChI is InChI=1S/C11H16O.C2H6O/c1-8-5-6-10(12)9(7-8)11(2,3)4;1-3-2/h5-7,12H,1-4H3;1-2H3. The van der Waals surface area contributed by atoms with Gasteiger partial charge in [-0.3, -0.25) is 0 Å². The zero-order chi connectivity index (χ0) is 12.1. The van der Waals surface area contributed by atoms with Gasteiger partial charge in [0, 0.05) is 14.2 Å². The molecule has 1 rings (SSSR count). The van der Waals surface area contributed by atoms with Gasteiger partial charge in [-0.25, -0.2) is 0 Å². The minimum atomic E-state index is 0.0239. The highest BCUT2D eigenvalue weighted by molar-refractivity contribution is 5.39. The van der Waals surface area contributed by atoms with Crippen molar-refractivity contribution in [3.63, 3.8) is 0 Å². The Balaban J connectivity index is 0.000000583. The molecule has 0 saturated carbocycles. The molecule has 1 aromatic rings. The number of aryl methyl sites for hydroxylation is 1. The van der Waals surface area contributed by atoms with E-state index in [1.165, 1.54) is 5.56 Å². The molecule has 0 atom stereocenters. The van der Waals surface area contributed by atoms with E-state index < -0.39 is 0 Å². The normalized spacial score (nSPS) is 10.5. The second-order valence-electron chi connectivity index (χ2n) is 4.68. The van der Waals surface area contributed by atoms with Crippen LogP contribution in [0.1, 0.15) is 31.9 Å². The average Bonchev–Trinajstić information content (AvgIpc) is 2.09. The summed E-state index contributed by atoms with van der Waals surface area (Å²) in [6, 6.07) is 5.72. The highest BCUT2D eigenvalue weighted by Crippen LogP contribution is 2.30. The molecule has 0 aromatic heterocycles. The summed E-state index contributed by atoms with van der Waals surface area (Å²) in [4.78, 5) is 0. The summed E-state index contributed by atoms with van der Waals surface area (Å²) >= 11 is 0. The fourth-order valence-corrected chi connectivity index (χ4v) is 1.25. The predicted octanol–water partition coefficient (Wildman–Crippen LogP) is 3.26. The fraction of sp³-hybridized carbons (Fsp3) is 0.538. The van der Waals surface area contributed by atoms with Crippen molar-refractivity contribution in [2.24, 2.45) is 0 Å².